The molecule has 202 valence electrons. The average molecular weight is 532 g/mol. The van der Waals surface area contributed by atoms with Gasteiger partial charge in [0.25, 0.3) is 0 Å². The SMILES string of the molecule is CSCC[C@H](NC(=O)[C@H](C)NC(=O)[C@H](Cc1cnc[nH]1)NC(=O)[C@H](CO)NC(=O)[C@@H](N)CO)C(=O)O. The molecule has 0 bridgehead atoms. The van der Waals surface area contributed by atoms with Gasteiger partial charge in [0.1, 0.15) is 30.2 Å². The van der Waals surface area contributed by atoms with Crippen LogP contribution in [0.1, 0.15) is 19.0 Å². The van der Waals surface area contributed by atoms with Crippen LogP contribution in [-0.2, 0) is 30.4 Å². The van der Waals surface area contributed by atoms with Crippen molar-refractivity contribution in [1.29, 1.82) is 0 Å². The van der Waals surface area contributed by atoms with E-state index in [1.54, 1.807) is 6.26 Å². The van der Waals surface area contributed by atoms with E-state index in [9.17, 15) is 34.2 Å². The average Bonchev–Trinajstić information content (AvgIpc) is 3.36. The number of thioether (sulfide) groups is 1. The molecule has 0 aliphatic heterocycles. The Morgan fingerprint density at radius 3 is 2.11 bits per heavy atom. The van der Waals surface area contributed by atoms with Gasteiger partial charge in [0, 0.05) is 18.3 Å². The number of H-pyrrole nitrogens is 1. The van der Waals surface area contributed by atoms with E-state index in [2.05, 4.69) is 31.2 Å². The number of hydrogen-bond donors (Lipinski definition) is 9. The molecule has 0 radical (unpaired) electrons. The second-order valence-electron chi connectivity index (χ2n) is 7.79. The fourth-order valence-corrected chi connectivity index (χ4v) is 3.29. The molecule has 15 nitrogen and oxygen atoms in total. The Hall–Kier alpha value is -3.21. The summed E-state index contributed by atoms with van der Waals surface area (Å²) < 4.78 is 0. The molecule has 36 heavy (non-hydrogen) atoms. The zero-order valence-electron chi connectivity index (χ0n) is 19.9. The van der Waals surface area contributed by atoms with Gasteiger partial charge < -0.3 is 47.3 Å². The van der Waals surface area contributed by atoms with Gasteiger partial charge in [-0.15, -0.1) is 0 Å². The molecule has 16 heteroatoms. The summed E-state index contributed by atoms with van der Waals surface area (Å²) in [6.45, 7) is -0.154. The normalized spacial score (nSPS) is 15.0. The van der Waals surface area contributed by atoms with Crippen LogP contribution in [0.5, 0.6) is 0 Å². The minimum Gasteiger partial charge on any atom is -0.480 e. The number of aliphatic hydroxyl groups is 2. The number of hydrogen-bond acceptors (Lipinski definition) is 10. The molecule has 0 aliphatic carbocycles. The second kappa shape index (κ2) is 15.7. The van der Waals surface area contributed by atoms with E-state index < -0.39 is 73.0 Å². The quantitative estimate of drug-likeness (QED) is 0.0995. The standard InChI is InChI=1S/C20H33N7O8S/c1-10(16(30)25-13(20(34)35)3-4-36-2)24-18(32)14(5-11-6-22-9-23-11)26-19(33)15(8-29)27-17(31)12(21)7-28/h6,9-10,12-15,28-29H,3-5,7-8,21H2,1-2H3,(H,22,23)(H,24,32)(H,25,30)(H,26,33)(H,27,31)(H,34,35)/t10-,12-,13-,14-,15-/m0/s1. The Kier molecular flexibility index (Phi) is 13.5. The first-order chi connectivity index (χ1) is 17.0. The number of aromatic amines is 1. The highest BCUT2D eigenvalue weighted by atomic mass is 32.2. The predicted molar refractivity (Wildman–Crippen MR) is 128 cm³/mol. The monoisotopic (exact) mass is 531 g/mol. The van der Waals surface area contributed by atoms with E-state index in [-0.39, 0.29) is 12.8 Å². The first kappa shape index (κ1) is 30.8. The number of nitrogens with one attached hydrogen (secondary N) is 5. The van der Waals surface area contributed by atoms with Crippen molar-refractivity contribution in [2.24, 2.45) is 5.73 Å². The van der Waals surface area contributed by atoms with Crippen molar-refractivity contribution < 1.29 is 39.3 Å². The summed E-state index contributed by atoms with van der Waals surface area (Å²) in [7, 11) is 0. The molecule has 1 aromatic rings. The Balaban J connectivity index is 2.91. The van der Waals surface area contributed by atoms with Gasteiger partial charge in [0.05, 0.1) is 19.5 Å². The lowest BCUT2D eigenvalue weighted by molar-refractivity contribution is -0.142. The molecule has 1 aromatic heterocycles. The third-order valence-electron chi connectivity index (χ3n) is 4.94. The number of imidazole rings is 1. The largest absolute Gasteiger partial charge is 0.480 e. The van der Waals surface area contributed by atoms with Gasteiger partial charge in [-0.2, -0.15) is 11.8 Å². The van der Waals surface area contributed by atoms with Crippen molar-refractivity contribution in [1.82, 2.24) is 31.2 Å². The lowest BCUT2D eigenvalue weighted by atomic mass is 10.1. The zero-order chi connectivity index (χ0) is 27.3. The molecule has 1 heterocycles. The van der Waals surface area contributed by atoms with Crippen molar-refractivity contribution in [3.8, 4) is 0 Å². The van der Waals surface area contributed by atoms with Gasteiger partial charge in [0.15, 0.2) is 0 Å². The number of nitrogens with zero attached hydrogens (tertiary/aromatic N) is 1. The van der Waals surface area contributed by atoms with Gasteiger partial charge in [-0.05, 0) is 25.4 Å². The Bertz CT molecular complexity index is 885. The first-order valence-electron chi connectivity index (χ1n) is 10.9. The number of carbonyl (C=O) groups excluding carboxylic acids is 4. The number of carboxylic acids is 1. The van der Waals surface area contributed by atoms with Crippen LogP contribution in [0.15, 0.2) is 12.5 Å². The van der Waals surface area contributed by atoms with Crippen molar-refractivity contribution in [2.45, 2.75) is 50.0 Å². The van der Waals surface area contributed by atoms with E-state index >= 15 is 0 Å². The lowest BCUT2D eigenvalue weighted by Gasteiger charge is -2.24. The van der Waals surface area contributed by atoms with E-state index in [4.69, 9.17) is 10.8 Å². The van der Waals surface area contributed by atoms with Crippen LogP contribution < -0.4 is 27.0 Å². The van der Waals surface area contributed by atoms with Crippen molar-refractivity contribution >= 4 is 41.4 Å². The molecule has 5 atom stereocenters. The Morgan fingerprint density at radius 1 is 0.972 bits per heavy atom. The number of amides is 4. The van der Waals surface area contributed by atoms with Crippen molar-refractivity contribution in [3.05, 3.63) is 18.2 Å². The number of nitrogens with two attached hydrogens (primary N) is 1. The minimum atomic E-state index is -1.47. The molecule has 1 rings (SSSR count). The third kappa shape index (κ3) is 10.2. The summed E-state index contributed by atoms with van der Waals surface area (Å²) in [6.07, 6.45) is 4.67. The minimum absolute atomic E-state index is 0.0837. The van der Waals surface area contributed by atoms with E-state index in [0.717, 1.165) is 0 Å². The number of aliphatic hydroxyl groups excluding tert-OH is 2. The molecule has 0 spiro atoms. The van der Waals surface area contributed by atoms with Crippen LogP contribution in [-0.4, -0.2) is 110 Å². The first-order valence-corrected chi connectivity index (χ1v) is 12.3. The number of aliphatic carboxylic acids is 1. The molecule has 10 N–H and O–H groups in total. The highest BCUT2D eigenvalue weighted by molar-refractivity contribution is 7.98. The third-order valence-corrected chi connectivity index (χ3v) is 5.58. The fraction of sp³-hybridized carbons (Fsp3) is 0.600. The maximum atomic E-state index is 12.9. The highest BCUT2D eigenvalue weighted by Gasteiger charge is 2.30. The topological polar surface area (TPSA) is 249 Å². The fourth-order valence-electron chi connectivity index (χ4n) is 2.82. The van der Waals surface area contributed by atoms with Crippen LogP contribution in [0.25, 0.3) is 0 Å². The maximum Gasteiger partial charge on any atom is 0.326 e. The zero-order valence-corrected chi connectivity index (χ0v) is 20.7. The van der Waals surface area contributed by atoms with Crippen molar-refractivity contribution in [3.63, 3.8) is 0 Å². The summed E-state index contributed by atoms with van der Waals surface area (Å²) in [4.78, 5) is 68.0. The van der Waals surface area contributed by atoms with Crippen LogP contribution in [0.3, 0.4) is 0 Å². The molecular weight excluding hydrogens is 498 g/mol. The van der Waals surface area contributed by atoms with E-state index in [1.807, 2.05) is 0 Å². The van der Waals surface area contributed by atoms with E-state index in [1.165, 1.54) is 31.2 Å². The van der Waals surface area contributed by atoms with Gasteiger partial charge in [0.2, 0.25) is 23.6 Å². The summed E-state index contributed by atoms with van der Waals surface area (Å²) in [6, 6.07) is -6.34. The number of carboxylic acid groups (broad SMARTS) is 1. The smallest absolute Gasteiger partial charge is 0.326 e. The van der Waals surface area contributed by atoms with Gasteiger partial charge in [-0.3, -0.25) is 19.2 Å². The highest BCUT2D eigenvalue weighted by Crippen LogP contribution is 2.03. The van der Waals surface area contributed by atoms with E-state index in [0.29, 0.717) is 11.4 Å². The maximum absolute atomic E-state index is 12.9. The molecule has 0 aromatic carbocycles. The summed E-state index contributed by atoms with van der Waals surface area (Å²) >= 11 is 1.42. The molecule has 0 fully saturated rings. The second-order valence-corrected chi connectivity index (χ2v) is 8.77. The number of carbonyl (C=O) groups is 5. The van der Waals surface area contributed by atoms with Gasteiger partial charge in [-0.1, -0.05) is 0 Å². The summed E-state index contributed by atoms with van der Waals surface area (Å²) in [5, 5.41) is 37.1. The van der Waals surface area contributed by atoms with Crippen molar-refractivity contribution in [2.75, 3.05) is 25.2 Å². The van der Waals surface area contributed by atoms with Crippen LogP contribution in [0, 0.1) is 0 Å². The molecule has 0 aliphatic rings. The molecule has 0 saturated heterocycles. The lowest BCUT2D eigenvalue weighted by Crippen LogP contribution is -2.59. The Morgan fingerprint density at radius 2 is 1.58 bits per heavy atom. The number of rotatable bonds is 16. The predicted octanol–water partition coefficient (Wildman–Crippen LogP) is -3.94. The van der Waals surface area contributed by atoms with Crippen LogP contribution in [0.4, 0.5) is 0 Å². The number of aromatic nitrogens is 2. The van der Waals surface area contributed by atoms with Crippen LogP contribution in [0.2, 0.25) is 0 Å². The molecule has 0 unspecified atom stereocenters. The summed E-state index contributed by atoms with van der Waals surface area (Å²) in [5.74, 6) is -4.04. The van der Waals surface area contributed by atoms with Gasteiger partial charge in [-0.25, -0.2) is 9.78 Å². The van der Waals surface area contributed by atoms with Crippen LogP contribution >= 0.6 is 11.8 Å². The molecule has 0 saturated carbocycles. The molecule has 4 amide bonds. The summed E-state index contributed by atoms with van der Waals surface area (Å²) in [5.41, 5.74) is 5.86. The Labute approximate surface area is 211 Å². The van der Waals surface area contributed by atoms with Gasteiger partial charge >= 0.3 is 5.97 Å². The molecular formula is C20H33N7O8S.